The van der Waals surface area contributed by atoms with Crippen molar-refractivity contribution >= 4 is 16.7 Å². The molecule has 5 nitrogen and oxygen atoms in total. The van der Waals surface area contributed by atoms with Gasteiger partial charge in [0, 0.05) is 31.9 Å². The molecule has 0 bridgehead atoms. The molecule has 116 valence electrons. The maximum atomic E-state index is 4.64. The van der Waals surface area contributed by atoms with Crippen LogP contribution in [0.5, 0.6) is 0 Å². The van der Waals surface area contributed by atoms with E-state index in [1.807, 2.05) is 42.6 Å². The predicted octanol–water partition coefficient (Wildman–Crippen LogP) is 2.89. The Bertz CT molecular complexity index is 871. The molecule has 5 heteroatoms. The summed E-state index contributed by atoms with van der Waals surface area (Å²) in [7, 11) is 2.12. The molecule has 1 aromatic carbocycles. The first-order valence-corrected chi connectivity index (χ1v) is 7.83. The first-order chi connectivity index (χ1) is 11.3. The number of H-pyrrole nitrogens is 1. The minimum absolute atomic E-state index is 0.835. The van der Waals surface area contributed by atoms with E-state index in [0.717, 1.165) is 47.7 Å². The Morgan fingerprint density at radius 3 is 2.83 bits per heavy atom. The number of rotatable bonds is 5. The number of fused-ring (bicyclic) bond motifs is 2. The fourth-order valence-electron chi connectivity index (χ4n) is 2.84. The molecule has 0 atom stereocenters. The number of hydrogen-bond acceptors (Lipinski definition) is 3. The molecule has 0 amide bonds. The smallest absolute Gasteiger partial charge is 0.137 e. The van der Waals surface area contributed by atoms with Gasteiger partial charge in [-0.15, -0.1) is 0 Å². The molecule has 0 aliphatic heterocycles. The monoisotopic (exact) mass is 305 g/mol. The first kappa shape index (κ1) is 14.0. The first-order valence-electron chi connectivity index (χ1n) is 7.83. The van der Waals surface area contributed by atoms with Gasteiger partial charge in [-0.05, 0) is 31.3 Å². The summed E-state index contributed by atoms with van der Waals surface area (Å²) in [5.41, 5.74) is 4.22. The second kappa shape index (κ2) is 5.85. The van der Waals surface area contributed by atoms with Crippen LogP contribution in [-0.4, -0.2) is 37.8 Å². The number of para-hydroxylation sites is 2. The van der Waals surface area contributed by atoms with Crippen LogP contribution in [0.4, 0.5) is 0 Å². The largest absolute Gasteiger partial charge is 0.342 e. The van der Waals surface area contributed by atoms with Crippen molar-refractivity contribution in [3.8, 4) is 0 Å². The Morgan fingerprint density at radius 1 is 1.09 bits per heavy atom. The van der Waals surface area contributed by atoms with Crippen molar-refractivity contribution in [2.45, 2.75) is 13.0 Å². The zero-order valence-electron chi connectivity index (χ0n) is 13.1. The van der Waals surface area contributed by atoms with E-state index in [0.29, 0.717) is 0 Å². The molecule has 0 unspecified atom stereocenters. The lowest BCUT2D eigenvalue weighted by atomic mass is 10.3. The Kier molecular flexibility index (Phi) is 3.55. The van der Waals surface area contributed by atoms with E-state index in [4.69, 9.17) is 0 Å². The number of pyridine rings is 1. The minimum Gasteiger partial charge on any atom is -0.342 e. The van der Waals surface area contributed by atoms with Crippen molar-refractivity contribution in [2.75, 3.05) is 13.6 Å². The van der Waals surface area contributed by atoms with Crippen molar-refractivity contribution in [1.29, 1.82) is 0 Å². The Morgan fingerprint density at radius 2 is 1.96 bits per heavy atom. The molecular weight excluding hydrogens is 286 g/mol. The number of aromatic nitrogens is 4. The number of likely N-dealkylation sites (N-methyl/N-ethyl adjacent to an activating group) is 1. The Hall–Kier alpha value is -2.66. The number of benzene rings is 1. The minimum atomic E-state index is 0.835. The van der Waals surface area contributed by atoms with Crippen molar-refractivity contribution in [2.24, 2.45) is 0 Å². The molecule has 23 heavy (non-hydrogen) atoms. The summed E-state index contributed by atoms with van der Waals surface area (Å²) in [5, 5.41) is 0. The quantitative estimate of drug-likeness (QED) is 0.617. The molecule has 4 rings (SSSR count). The van der Waals surface area contributed by atoms with Gasteiger partial charge >= 0.3 is 0 Å². The molecule has 1 N–H and O–H groups in total. The zero-order valence-corrected chi connectivity index (χ0v) is 13.1. The van der Waals surface area contributed by atoms with Gasteiger partial charge < -0.3 is 14.3 Å². The molecule has 0 spiro atoms. The lowest BCUT2D eigenvalue weighted by Crippen LogP contribution is -2.21. The van der Waals surface area contributed by atoms with Gasteiger partial charge in [-0.25, -0.2) is 9.97 Å². The SMILES string of the molecule is CN(CCc1nc2ccccc2[nH]1)Cc1cn2ccccc2n1. The van der Waals surface area contributed by atoms with Crippen molar-refractivity contribution in [3.05, 3.63) is 66.4 Å². The second-order valence-electron chi connectivity index (χ2n) is 5.89. The van der Waals surface area contributed by atoms with Crippen LogP contribution in [0.3, 0.4) is 0 Å². The number of hydrogen-bond donors (Lipinski definition) is 1. The standard InChI is InChI=1S/C18H19N5/c1-22(12-14-13-23-10-5-4-8-18(23)19-14)11-9-17-20-15-6-2-3-7-16(15)21-17/h2-8,10,13H,9,11-12H2,1H3,(H,20,21). The zero-order chi connectivity index (χ0) is 15.6. The van der Waals surface area contributed by atoms with Crippen LogP contribution in [0, 0.1) is 0 Å². The lowest BCUT2D eigenvalue weighted by molar-refractivity contribution is 0.325. The summed E-state index contributed by atoms with van der Waals surface area (Å²) < 4.78 is 2.06. The maximum absolute atomic E-state index is 4.64. The molecule has 0 fully saturated rings. The van der Waals surface area contributed by atoms with Gasteiger partial charge in [0.2, 0.25) is 0 Å². The maximum Gasteiger partial charge on any atom is 0.137 e. The van der Waals surface area contributed by atoms with Crippen LogP contribution < -0.4 is 0 Å². The van der Waals surface area contributed by atoms with E-state index in [9.17, 15) is 0 Å². The highest BCUT2D eigenvalue weighted by atomic mass is 15.1. The summed E-state index contributed by atoms with van der Waals surface area (Å²) in [6, 6.07) is 14.2. The normalized spacial score (nSPS) is 11.7. The molecule has 0 radical (unpaired) electrons. The third kappa shape index (κ3) is 2.96. The lowest BCUT2D eigenvalue weighted by Gasteiger charge is -2.13. The number of nitrogens with one attached hydrogen (secondary N) is 1. The molecule has 0 aliphatic rings. The Labute approximate surface area is 134 Å². The average Bonchev–Trinajstić information content (AvgIpc) is 3.15. The van der Waals surface area contributed by atoms with Crippen molar-refractivity contribution < 1.29 is 0 Å². The molecule has 0 saturated heterocycles. The van der Waals surface area contributed by atoms with E-state index in [1.54, 1.807) is 0 Å². The van der Waals surface area contributed by atoms with Gasteiger partial charge in [-0.2, -0.15) is 0 Å². The summed E-state index contributed by atoms with van der Waals surface area (Å²) in [6.45, 7) is 1.77. The second-order valence-corrected chi connectivity index (χ2v) is 5.89. The molecule has 3 aromatic heterocycles. The van der Waals surface area contributed by atoms with Gasteiger partial charge in [0.15, 0.2) is 0 Å². The van der Waals surface area contributed by atoms with Gasteiger partial charge in [0.1, 0.15) is 11.5 Å². The van der Waals surface area contributed by atoms with Crippen LogP contribution in [0.1, 0.15) is 11.5 Å². The molecular formula is C18H19N5. The molecule has 4 aromatic rings. The van der Waals surface area contributed by atoms with E-state index in [2.05, 4.69) is 43.6 Å². The van der Waals surface area contributed by atoms with E-state index < -0.39 is 0 Å². The van der Waals surface area contributed by atoms with Crippen LogP contribution in [0.25, 0.3) is 16.7 Å². The number of aromatic amines is 1. The third-order valence-corrected chi connectivity index (χ3v) is 4.01. The molecule has 0 saturated carbocycles. The van der Waals surface area contributed by atoms with Crippen LogP contribution in [0.15, 0.2) is 54.9 Å². The van der Waals surface area contributed by atoms with Crippen molar-refractivity contribution in [1.82, 2.24) is 24.3 Å². The summed E-state index contributed by atoms with van der Waals surface area (Å²) in [6.07, 6.45) is 5.02. The van der Waals surface area contributed by atoms with E-state index >= 15 is 0 Å². The number of nitrogens with zero attached hydrogens (tertiary/aromatic N) is 4. The highest BCUT2D eigenvalue weighted by Gasteiger charge is 2.07. The number of imidazole rings is 2. The molecule has 0 aliphatic carbocycles. The molecule has 3 heterocycles. The fraction of sp³-hybridized carbons (Fsp3) is 0.222. The highest BCUT2D eigenvalue weighted by molar-refractivity contribution is 5.74. The summed E-state index contributed by atoms with van der Waals surface area (Å²) in [4.78, 5) is 14.9. The Balaban J connectivity index is 1.40. The summed E-state index contributed by atoms with van der Waals surface area (Å²) in [5.74, 6) is 1.04. The third-order valence-electron chi connectivity index (χ3n) is 4.01. The fourth-order valence-corrected chi connectivity index (χ4v) is 2.84. The van der Waals surface area contributed by atoms with Crippen LogP contribution >= 0.6 is 0 Å². The predicted molar refractivity (Wildman–Crippen MR) is 91.3 cm³/mol. The van der Waals surface area contributed by atoms with Gasteiger partial charge in [-0.1, -0.05) is 18.2 Å². The van der Waals surface area contributed by atoms with Gasteiger partial charge in [0.25, 0.3) is 0 Å². The van der Waals surface area contributed by atoms with Crippen LogP contribution in [-0.2, 0) is 13.0 Å². The summed E-state index contributed by atoms with van der Waals surface area (Å²) >= 11 is 0. The van der Waals surface area contributed by atoms with Gasteiger partial charge in [-0.3, -0.25) is 0 Å². The highest BCUT2D eigenvalue weighted by Crippen LogP contribution is 2.11. The average molecular weight is 305 g/mol. The van der Waals surface area contributed by atoms with Crippen molar-refractivity contribution in [3.63, 3.8) is 0 Å². The van der Waals surface area contributed by atoms with E-state index in [1.165, 1.54) is 0 Å². The topological polar surface area (TPSA) is 49.2 Å². The van der Waals surface area contributed by atoms with E-state index in [-0.39, 0.29) is 0 Å². The van der Waals surface area contributed by atoms with Gasteiger partial charge in [0.05, 0.1) is 16.7 Å². The van der Waals surface area contributed by atoms with Crippen LogP contribution in [0.2, 0.25) is 0 Å².